The van der Waals surface area contributed by atoms with Crippen LogP contribution in [0, 0.1) is 11.8 Å². The zero-order valence-electron chi connectivity index (χ0n) is 16.3. The van der Waals surface area contributed by atoms with Gasteiger partial charge < -0.3 is 4.74 Å². The van der Waals surface area contributed by atoms with Crippen LogP contribution >= 0.6 is 0 Å². The normalized spacial score (nSPS) is 20.4. The molecule has 2 rings (SSSR count). The number of benzene rings is 1. The Hall–Kier alpha value is -1.24. The van der Waals surface area contributed by atoms with Crippen molar-refractivity contribution in [3.8, 4) is 5.75 Å². The van der Waals surface area contributed by atoms with E-state index in [1.165, 1.54) is 69.8 Å². The molecule has 0 bridgehead atoms. The second-order valence-corrected chi connectivity index (χ2v) is 7.84. The van der Waals surface area contributed by atoms with E-state index in [0.717, 1.165) is 37.0 Å². The molecule has 1 fully saturated rings. The van der Waals surface area contributed by atoms with Crippen molar-refractivity contribution in [1.82, 2.24) is 0 Å². The zero-order valence-corrected chi connectivity index (χ0v) is 16.3. The third kappa shape index (κ3) is 8.12. The summed E-state index contributed by atoms with van der Waals surface area (Å²) in [4.78, 5) is 0. The molecule has 1 saturated carbocycles. The van der Waals surface area contributed by atoms with Gasteiger partial charge in [0.25, 0.3) is 0 Å². The Morgan fingerprint density at radius 2 is 1.64 bits per heavy atom. The second kappa shape index (κ2) is 12.2. The summed E-state index contributed by atoms with van der Waals surface area (Å²) in [6.45, 7) is 6.83. The number of hydrogen-bond donors (Lipinski definition) is 0. The average Bonchev–Trinajstić information content (AvgIpc) is 2.66. The van der Waals surface area contributed by atoms with Gasteiger partial charge in [0.2, 0.25) is 0 Å². The summed E-state index contributed by atoms with van der Waals surface area (Å²) in [5.41, 5.74) is 1.46. The van der Waals surface area contributed by atoms with Gasteiger partial charge in [-0.3, -0.25) is 0 Å². The summed E-state index contributed by atoms with van der Waals surface area (Å²) >= 11 is 0. The van der Waals surface area contributed by atoms with Gasteiger partial charge in [0.15, 0.2) is 0 Å². The number of aryl methyl sites for hydroxylation is 1. The number of ether oxygens (including phenoxy) is 1. The summed E-state index contributed by atoms with van der Waals surface area (Å²) in [6.07, 6.45) is 18.2. The predicted octanol–water partition coefficient (Wildman–Crippen LogP) is 7.35. The average molecular weight is 343 g/mol. The van der Waals surface area contributed by atoms with Crippen LogP contribution in [0.4, 0.5) is 0 Å². The highest BCUT2D eigenvalue weighted by Crippen LogP contribution is 2.34. The number of rotatable bonds is 12. The molecular weight excluding hydrogens is 304 g/mol. The van der Waals surface area contributed by atoms with Gasteiger partial charge in [0, 0.05) is 0 Å². The van der Waals surface area contributed by atoms with Gasteiger partial charge >= 0.3 is 0 Å². The quantitative estimate of drug-likeness (QED) is 0.285. The fourth-order valence-corrected chi connectivity index (χ4v) is 4.03. The fourth-order valence-electron chi connectivity index (χ4n) is 4.03. The summed E-state index contributed by atoms with van der Waals surface area (Å²) in [5, 5.41) is 0. The van der Waals surface area contributed by atoms with Gasteiger partial charge in [0.1, 0.15) is 5.75 Å². The van der Waals surface area contributed by atoms with Crippen LogP contribution in [0.3, 0.4) is 0 Å². The molecular formula is C24H38O. The van der Waals surface area contributed by atoms with Gasteiger partial charge in [0.05, 0.1) is 6.61 Å². The SMILES string of the molecule is C=CCCCOc1ccc(CCC2CCC(CCCCC)CC2)cc1. The first-order chi connectivity index (χ1) is 12.3. The topological polar surface area (TPSA) is 9.23 Å². The minimum Gasteiger partial charge on any atom is -0.494 e. The van der Waals surface area contributed by atoms with Crippen LogP contribution in [0.5, 0.6) is 5.75 Å². The minimum absolute atomic E-state index is 0.785. The molecule has 0 spiro atoms. The predicted molar refractivity (Wildman–Crippen MR) is 109 cm³/mol. The summed E-state index contributed by atoms with van der Waals surface area (Å²) in [5.74, 6) is 2.98. The zero-order chi connectivity index (χ0) is 17.7. The third-order valence-electron chi connectivity index (χ3n) is 5.77. The molecule has 0 aliphatic heterocycles. The van der Waals surface area contributed by atoms with Crippen LogP contribution in [0.2, 0.25) is 0 Å². The van der Waals surface area contributed by atoms with E-state index in [1.54, 1.807) is 0 Å². The highest BCUT2D eigenvalue weighted by Gasteiger charge is 2.20. The molecule has 25 heavy (non-hydrogen) atoms. The Kier molecular flexibility index (Phi) is 9.77. The Labute approximate surface area is 155 Å². The van der Waals surface area contributed by atoms with Crippen LogP contribution in [-0.4, -0.2) is 6.61 Å². The van der Waals surface area contributed by atoms with Crippen molar-refractivity contribution in [2.45, 2.75) is 84.0 Å². The smallest absolute Gasteiger partial charge is 0.119 e. The molecule has 0 amide bonds. The van der Waals surface area contributed by atoms with Gasteiger partial charge in [-0.25, -0.2) is 0 Å². The van der Waals surface area contributed by atoms with Crippen molar-refractivity contribution in [3.63, 3.8) is 0 Å². The van der Waals surface area contributed by atoms with E-state index in [4.69, 9.17) is 4.74 Å². The van der Waals surface area contributed by atoms with Gasteiger partial charge in [-0.15, -0.1) is 6.58 Å². The summed E-state index contributed by atoms with van der Waals surface area (Å²) < 4.78 is 5.76. The monoisotopic (exact) mass is 342 g/mol. The molecule has 0 aromatic heterocycles. The maximum atomic E-state index is 5.76. The maximum Gasteiger partial charge on any atom is 0.119 e. The Balaban J connectivity index is 1.61. The molecule has 140 valence electrons. The van der Waals surface area contributed by atoms with Crippen LogP contribution < -0.4 is 4.74 Å². The molecule has 0 saturated heterocycles. The van der Waals surface area contributed by atoms with E-state index < -0.39 is 0 Å². The van der Waals surface area contributed by atoms with Crippen molar-refractivity contribution in [2.24, 2.45) is 11.8 Å². The van der Waals surface area contributed by atoms with Crippen LogP contribution in [0.15, 0.2) is 36.9 Å². The van der Waals surface area contributed by atoms with Gasteiger partial charge in [-0.2, -0.15) is 0 Å². The third-order valence-corrected chi connectivity index (χ3v) is 5.77. The summed E-state index contributed by atoms with van der Waals surface area (Å²) in [6, 6.07) is 8.76. The summed E-state index contributed by atoms with van der Waals surface area (Å²) in [7, 11) is 0. The Morgan fingerprint density at radius 3 is 2.28 bits per heavy atom. The standard InChI is InChI=1S/C24H38O/c1-3-5-7-9-21-10-12-22(13-11-21)14-15-23-16-18-24(19-17-23)25-20-8-6-4-2/h4,16-19,21-22H,2-3,5-15,20H2,1H3. The van der Waals surface area contributed by atoms with E-state index in [-0.39, 0.29) is 0 Å². The minimum atomic E-state index is 0.785. The second-order valence-electron chi connectivity index (χ2n) is 7.84. The molecule has 1 aliphatic carbocycles. The van der Waals surface area contributed by atoms with Crippen LogP contribution in [0.25, 0.3) is 0 Å². The lowest BCUT2D eigenvalue weighted by molar-refractivity contribution is 0.249. The molecule has 1 aromatic rings. The molecule has 1 aromatic carbocycles. The van der Waals surface area contributed by atoms with Crippen molar-refractivity contribution in [2.75, 3.05) is 6.61 Å². The molecule has 0 N–H and O–H groups in total. The van der Waals surface area contributed by atoms with E-state index in [2.05, 4.69) is 37.8 Å². The van der Waals surface area contributed by atoms with Crippen molar-refractivity contribution in [3.05, 3.63) is 42.5 Å². The first kappa shape index (κ1) is 20.1. The number of unbranched alkanes of at least 4 members (excludes halogenated alkanes) is 3. The van der Waals surface area contributed by atoms with Crippen LogP contribution in [-0.2, 0) is 6.42 Å². The largest absolute Gasteiger partial charge is 0.494 e. The lowest BCUT2D eigenvalue weighted by Crippen LogP contribution is -2.15. The molecule has 1 nitrogen and oxygen atoms in total. The lowest BCUT2D eigenvalue weighted by atomic mass is 9.78. The van der Waals surface area contributed by atoms with Gasteiger partial charge in [-0.1, -0.05) is 76.5 Å². The van der Waals surface area contributed by atoms with Crippen molar-refractivity contribution < 1.29 is 4.74 Å². The number of hydrogen-bond acceptors (Lipinski definition) is 1. The van der Waals surface area contributed by atoms with E-state index in [1.807, 2.05) is 6.08 Å². The van der Waals surface area contributed by atoms with Crippen LogP contribution in [0.1, 0.15) is 83.1 Å². The number of allylic oxidation sites excluding steroid dienone is 1. The molecule has 1 heteroatoms. The van der Waals surface area contributed by atoms with Gasteiger partial charge in [-0.05, 0) is 55.2 Å². The molecule has 0 atom stereocenters. The maximum absolute atomic E-state index is 5.76. The Morgan fingerprint density at radius 1 is 0.960 bits per heavy atom. The first-order valence-electron chi connectivity index (χ1n) is 10.6. The highest BCUT2D eigenvalue weighted by molar-refractivity contribution is 5.27. The fraction of sp³-hybridized carbons (Fsp3) is 0.667. The lowest BCUT2D eigenvalue weighted by Gasteiger charge is -2.28. The molecule has 1 aliphatic rings. The van der Waals surface area contributed by atoms with E-state index >= 15 is 0 Å². The molecule has 0 heterocycles. The van der Waals surface area contributed by atoms with Crippen molar-refractivity contribution >= 4 is 0 Å². The van der Waals surface area contributed by atoms with E-state index in [9.17, 15) is 0 Å². The molecule has 0 unspecified atom stereocenters. The van der Waals surface area contributed by atoms with Crippen molar-refractivity contribution in [1.29, 1.82) is 0 Å². The highest BCUT2D eigenvalue weighted by atomic mass is 16.5. The molecule has 0 radical (unpaired) electrons. The first-order valence-corrected chi connectivity index (χ1v) is 10.6. The Bertz CT molecular complexity index is 453. The van der Waals surface area contributed by atoms with E-state index in [0.29, 0.717) is 0 Å².